The lowest BCUT2D eigenvalue weighted by atomic mass is 9.87. The average molecular weight is 860 g/mol. The number of aromatic amines is 2. The molecule has 2 N–H and O–H groups in total. The van der Waals surface area contributed by atoms with Crippen LogP contribution in [0.15, 0.2) is 44.7 Å². The Kier molecular flexibility index (Phi) is 29.2. The molecule has 4 aromatic rings. The molecule has 0 bridgehead atoms. The van der Waals surface area contributed by atoms with E-state index in [1.807, 2.05) is 110 Å². The second-order valence-corrected chi connectivity index (χ2v) is 18.0. The number of likely N-dealkylation sites (tertiary alicyclic amines) is 1. The number of nitrogens with zero attached hydrogens (tertiary/aromatic N) is 3. The molecule has 1 aliphatic heterocycles. The van der Waals surface area contributed by atoms with Crippen LogP contribution in [0.25, 0.3) is 0 Å². The Morgan fingerprint density at radius 3 is 1.45 bits per heavy atom. The number of piperidine rings is 1. The maximum absolute atomic E-state index is 12.0. The Hall–Kier alpha value is -4.04. The molecular formula is C54H93N5O3. The number of hydrogen-bond donors (Lipinski definition) is 2. The van der Waals surface area contributed by atoms with Crippen molar-refractivity contribution in [1.82, 2.24) is 24.4 Å². The minimum atomic E-state index is -0.00463. The van der Waals surface area contributed by atoms with E-state index in [-0.39, 0.29) is 22.5 Å². The zero-order valence-corrected chi connectivity index (χ0v) is 44.2. The van der Waals surface area contributed by atoms with Gasteiger partial charge >= 0.3 is 0 Å². The first kappa shape index (κ1) is 60.0. The van der Waals surface area contributed by atoms with Crippen LogP contribution in [0.4, 0.5) is 0 Å². The van der Waals surface area contributed by atoms with E-state index in [0.717, 1.165) is 62.4 Å². The topological polar surface area (TPSA) is 104 Å². The largest absolute Gasteiger partial charge is 0.351 e. The molecule has 62 heavy (non-hydrogen) atoms. The second-order valence-electron chi connectivity index (χ2n) is 18.0. The van der Waals surface area contributed by atoms with Gasteiger partial charge in [-0.25, -0.2) is 4.98 Å². The van der Waals surface area contributed by atoms with Gasteiger partial charge in [-0.3, -0.25) is 14.4 Å². The van der Waals surface area contributed by atoms with E-state index < -0.39 is 0 Å². The maximum Gasteiger partial charge on any atom is 0.254 e. The zero-order chi connectivity index (χ0) is 48.8. The molecule has 3 aromatic heterocycles. The molecule has 0 spiro atoms. The van der Waals surface area contributed by atoms with Crippen LogP contribution < -0.4 is 16.5 Å². The number of benzene rings is 1. The van der Waals surface area contributed by atoms with Crippen LogP contribution in [0.2, 0.25) is 0 Å². The van der Waals surface area contributed by atoms with Crippen LogP contribution in [0.3, 0.4) is 0 Å². The summed E-state index contributed by atoms with van der Waals surface area (Å²) >= 11 is 0. The lowest BCUT2D eigenvalue weighted by molar-refractivity contribution is 0.185. The summed E-state index contributed by atoms with van der Waals surface area (Å²) in [6.45, 7) is 47.6. The normalized spacial score (nSPS) is 12.4. The molecule has 1 saturated heterocycles. The van der Waals surface area contributed by atoms with Crippen LogP contribution in [0.1, 0.15) is 201 Å². The van der Waals surface area contributed by atoms with Crippen molar-refractivity contribution in [3.05, 3.63) is 129 Å². The predicted molar refractivity (Wildman–Crippen MR) is 272 cm³/mol. The molecule has 0 unspecified atom stereocenters. The van der Waals surface area contributed by atoms with E-state index in [2.05, 4.69) is 104 Å². The van der Waals surface area contributed by atoms with Gasteiger partial charge in [0.15, 0.2) is 5.43 Å². The van der Waals surface area contributed by atoms with Gasteiger partial charge < -0.3 is 19.4 Å². The number of nitrogens with one attached hydrogen (secondary N) is 2. The van der Waals surface area contributed by atoms with Gasteiger partial charge in [0, 0.05) is 52.1 Å². The van der Waals surface area contributed by atoms with E-state index in [9.17, 15) is 14.4 Å². The molecule has 0 atom stereocenters. The summed E-state index contributed by atoms with van der Waals surface area (Å²) in [4.78, 5) is 47.0. The van der Waals surface area contributed by atoms with Crippen LogP contribution in [0.5, 0.6) is 0 Å². The van der Waals surface area contributed by atoms with E-state index in [4.69, 9.17) is 0 Å². The summed E-state index contributed by atoms with van der Waals surface area (Å²) in [5.41, 5.74) is 11.7. The van der Waals surface area contributed by atoms with Crippen molar-refractivity contribution in [2.75, 3.05) is 20.1 Å². The number of pyridine rings is 2. The smallest absolute Gasteiger partial charge is 0.254 e. The number of aromatic nitrogens is 4. The van der Waals surface area contributed by atoms with Crippen molar-refractivity contribution in [2.24, 2.45) is 18.9 Å². The molecule has 1 aliphatic rings. The third-order valence-corrected chi connectivity index (χ3v) is 11.4. The highest BCUT2D eigenvalue weighted by Crippen LogP contribution is 2.23. The molecular weight excluding hydrogens is 767 g/mol. The first-order chi connectivity index (χ1) is 28.8. The van der Waals surface area contributed by atoms with E-state index in [0.29, 0.717) is 23.6 Å². The molecule has 4 heterocycles. The Balaban J connectivity index is 0. The standard InChI is InChI=1S/C12H19NO.C10H15NO.C10H14.C9H14N2O.C9H19N.2C2H6/c1-7(2)11-10(5)13(6)9(4)8(3)12(11)14;1-6(2)9-7(3)5-8(4)11-10(9)12;1-8(2)10-7-5-4-6-9(10)3;1-5(2)8-6(3)10-7(4)11-9(8)12;1-8(2)9-4-6-10(3)7-5-9;2*1-2/h7H,1-6H3;5-6H,1-4H3,(H,11,12);4-8H,1-3H3;5H,1-4H3,(H,10,11,12);8-9H,4-7H2,1-3H3;2*1-2H3. The molecule has 5 rings (SSSR count). The monoisotopic (exact) mass is 860 g/mol. The molecule has 0 radical (unpaired) electrons. The van der Waals surface area contributed by atoms with Crippen molar-refractivity contribution >= 4 is 0 Å². The highest BCUT2D eigenvalue weighted by Gasteiger charge is 2.19. The van der Waals surface area contributed by atoms with Gasteiger partial charge in [-0.1, -0.05) is 121 Å². The lowest BCUT2D eigenvalue weighted by Gasteiger charge is -2.31. The van der Waals surface area contributed by atoms with Crippen LogP contribution in [-0.2, 0) is 7.05 Å². The minimum absolute atomic E-state index is 0.00463. The maximum atomic E-state index is 12.0. The number of aryl methyl sites for hydroxylation is 5. The third kappa shape index (κ3) is 19.6. The van der Waals surface area contributed by atoms with Gasteiger partial charge in [-0.2, -0.15) is 0 Å². The Labute approximate surface area is 379 Å². The molecule has 8 heteroatoms. The van der Waals surface area contributed by atoms with Crippen molar-refractivity contribution in [3.63, 3.8) is 0 Å². The molecule has 8 nitrogen and oxygen atoms in total. The summed E-state index contributed by atoms with van der Waals surface area (Å²) in [6, 6.07) is 10.6. The van der Waals surface area contributed by atoms with Crippen LogP contribution in [-0.4, -0.2) is 44.6 Å². The molecule has 0 aliphatic carbocycles. The zero-order valence-electron chi connectivity index (χ0n) is 44.2. The van der Waals surface area contributed by atoms with Crippen molar-refractivity contribution < 1.29 is 0 Å². The fourth-order valence-corrected chi connectivity index (χ4v) is 7.82. The van der Waals surface area contributed by atoms with Gasteiger partial charge in [-0.15, -0.1) is 0 Å². The summed E-state index contributed by atoms with van der Waals surface area (Å²) < 4.78 is 2.10. The van der Waals surface area contributed by atoms with Crippen molar-refractivity contribution in [3.8, 4) is 0 Å². The molecule has 1 fully saturated rings. The van der Waals surface area contributed by atoms with Crippen molar-refractivity contribution in [1.29, 1.82) is 0 Å². The van der Waals surface area contributed by atoms with Gasteiger partial charge in [0.2, 0.25) is 0 Å². The van der Waals surface area contributed by atoms with Crippen molar-refractivity contribution in [2.45, 2.75) is 189 Å². The molecule has 0 amide bonds. The highest BCUT2D eigenvalue weighted by molar-refractivity contribution is 5.32. The quantitative estimate of drug-likeness (QED) is 0.208. The SMILES string of the molecule is CC.CC.CC(C)C1CCN(C)CC1.Cc1c(C)n(C)c(C)c(C(C)C)c1=O.Cc1cc(C)c(C(C)C)c(=O)[nH]1.Cc1ccccc1C(C)C.Cc1nc(C)c(C(C)C)c(=O)[nH]1. The highest BCUT2D eigenvalue weighted by atomic mass is 16.1. The molecule has 0 saturated carbocycles. The summed E-state index contributed by atoms with van der Waals surface area (Å²) in [6.07, 6.45) is 2.82. The van der Waals surface area contributed by atoms with E-state index in [1.165, 1.54) is 37.1 Å². The van der Waals surface area contributed by atoms with Crippen LogP contribution >= 0.6 is 0 Å². The van der Waals surface area contributed by atoms with Crippen LogP contribution in [0, 0.1) is 67.2 Å². The van der Waals surface area contributed by atoms with Gasteiger partial charge in [0.1, 0.15) is 5.82 Å². The van der Waals surface area contributed by atoms with Gasteiger partial charge in [-0.05, 0) is 147 Å². The fraction of sp³-hybridized carbons (Fsp3) is 0.630. The van der Waals surface area contributed by atoms with E-state index in [1.54, 1.807) is 6.92 Å². The summed E-state index contributed by atoms with van der Waals surface area (Å²) in [5.74, 6) is 4.07. The second kappa shape index (κ2) is 30.1. The van der Waals surface area contributed by atoms with E-state index >= 15 is 0 Å². The summed E-state index contributed by atoms with van der Waals surface area (Å²) in [5, 5.41) is 0. The van der Waals surface area contributed by atoms with Gasteiger partial charge in [0.25, 0.3) is 11.1 Å². The first-order valence-corrected chi connectivity index (χ1v) is 23.5. The lowest BCUT2D eigenvalue weighted by Crippen LogP contribution is -2.32. The Morgan fingerprint density at radius 1 is 0.597 bits per heavy atom. The Morgan fingerprint density at radius 2 is 1.06 bits per heavy atom. The Bertz CT molecular complexity index is 1990. The molecule has 1 aromatic carbocycles. The number of hydrogen-bond acceptors (Lipinski definition) is 5. The first-order valence-electron chi connectivity index (χ1n) is 23.5. The third-order valence-electron chi connectivity index (χ3n) is 11.4. The number of H-pyrrole nitrogens is 2. The molecule has 352 valence electrons. The predicted octanol–water partition coefficient (Wildman–Crippen LogP) is 13.2. The summed E-state index contributed by atoms with van der Waals surface area (Å²) in [7, 11) is 4.24. The average Bonchev–Trinajstić information content (AvgIpc) is 3.18. The minimum Gasteiger partial charge on any atom is -0.351 e. The fourth-order valence-electron chi connectivity index (χ4n) is 7.82. The number of rotatable bonds is 5. The van der Waals surface area contributed by atoms with Gasteiger partial charge in [0.05, 0.1) is 0 Å².